The van der Waals surface area contributed by atoms with Crippen LogP contribution in [0.2, 0.25) is 0 Å². The number of hydrogen-bond acceptors (Lipinski definition) is 5. The molecule has 0 N–H and O–H groups in total. The molecule has 3 heterocycles. The van der Waals surface area contributed by atoms with Crippen LogP contribution in [0.5, 0.6) is 5.88 Å². The molecule has 0 spiro atoms. The molecule has 2 aliphatic rings. The lowest BCUT2D eigenvalue weighted by molar-refractivity contribution is -0.149. The Kier molecular flexibility index (Phi) is 5.87. The van der Waals surface area contributed by atoms with Gasteiger partial charge in [0.15, 0.2) is 5.79 Å². The van der Waals surface area contributed by atoms with E-state index in [0.29, 0.717) is 6.61 Å². The molecule has 1 aromatic heterocycles. The van der Waals surface area contributed by atoms with E-state index in [0.717, 1.165) is 24.6 Å². The lowest BCUT2D eigenvalue weighted by Crippen LogP contribution is -2.41. The summed E-state index contributed by atoms with van der Waals surface area (Å²) in [5, 5.41) is 0. The van der Waals surface area contributed by atoms with Crippen LogP contribution in [0.1, 0.15) is 26.0 Å². The lowest BCUT2D eigenvalue weighted by atomic mass is 10.0. The zero-order chi connectivity index (χ0) is 18.7. The second kappa shape index (κ2) is 7.56. The van der Waals surface area contributed by atoms with E-state index in [1.54, 1.807) is 0 Å². The van der Waals surface area contributed by atoms with E-state index in [4.69, 9.17) is 20.6 Å². The van der Waals surface area contributed by atoms with Gasteiger partial charge in [-0.2, -0.15) is 13.2 Å². The van der Waals surface area contributed by atoms with Crippen molar-refractivity contribution in [3.05, 3.63) is 23.9 Å². The van der Waals surface area contributed by atoms with E-state index in [1.807, 2.05) is 13.8 Å². The molecule has 2 aliphatic heterocycles. The normalized spacial score (nSPS) is 27.5. The lowest BCUT2D eigenvalue weighted by Gasteiger charge is -2.27. The Balaban J connectivity index is 0.000000181. The van der Waals surface area contributed by atoms with E-state index in [1.165, 1.54) is 0 Å². The fourth-order valence-electron chi connectivity index (χ4n) is 2.51. The van der Waals surface area contributed by atoms with Gasteiger partial charge in [0.1, 0.15) is 17.9 Å². The van der Waals surface area contributed by atoms with Gasteiger partial charge >= 0.3 is 6.18 Å². The molecule has 0 amide bonds. The standard InChI is InChI=1S/C10H14O3.C6H3F4NO/c1-4-7-9-8(5-6-11-7)12-10(2,3)13-9;7-6(8,9)4-2-1-3-5(11-4)12-10/h1,7-9H,5-6H2,2-3H3;1-3H. The van der Waals surface area contributed by atoms with Crippen molar-refractivity contribution in [2.75, 3.05) is 6.61 Å². The Morgan fingerprint density at radius 1 is 1.32 bits per heavy atom. The van der Waals surface area contributed by atoms with Crippen molar-refractivity contribution in [3.63, 3.8) is 0 Å². The van der Waals surface area contributed by atoms with Gasteiger partial charge in [0.05, 0.1) is 12.7 Å². The number of fused-ring (bicyclic) bond motifs is 1. The molecular formula is C16H17F4NO4. The third-order valence-corrected chi connectivity index (χ3v) is 3.48. The number of halogens is 4. The van der Waals surface area contributed by atoms with Crippen LogP contribution in [-0.2, 0) is 20.4 Å². The highest BCUT2D eigenvalue weighted by Gasteiger charge is 2.47. The van der Waals surface area contributed by atoms with E-state index < -0.39 is 23.5 Å². The summed E-state index contributed by atoms with van der Waals surface area (Å²) >= 11 is 0. The summed E-state index contributed by atoms with van der Waals surface area (Å²) in [6, 6.07) is 2.71. The summed E-state index contributed by atoms with van der Waals surface area (Å²) in [5.74, 6) is 1.37. The van der Waals surface area contributed by atoms with Crippen LogP contribution in [0.4, 0.5) is 17.7 Å². The van der Waals surface area contributed by atoms with Crippen LogP contribution in [0.15, 0.2) is 18.2 Å². The topological polar surface area (TPSA) is 49.8 Å². The molecular weight excluding hydrogens is 346 g/mol. The summed E-state index contributed by atoms with van der Waals surface area (Å²) < 4.78 is 63.7. The zero-order valence-corrected chi connectivity index (χ0v) is 13.5. The van der Waals surface area contributed by atoms with E-state index in [2.05, 4.69) is 15.8 Å². The van der Waals surface area contributed by atoms with Gasteiger partial charge in [-0.15, -0.1) is 6.42 Å². The van der Waals surface area contributed by atoms with E-state index in [9.17, 15) is 17.7 Å². The van der Waals surface area contributed by atoms with E-state index in [-0.39, 0.29) is 18.3 Å². The second-order valence-corrected chi connectivity index (χ2v) is 5.82. The van der Waals surface area contributed by atoms with Crippen molar-refractivity contribution in [1.29, 1.82) is 0 Å². The molecule has 1 aromatic rings. The minimum Gasteiger partial charge on any atom is -0.363 e. The average molecular weight is 363 g/mol. The quantitative estimate of drug-likeness (QED) is 0.566. The number of pyridine rings is 1. The summed E-state index contributed by atoms with van der Waals surface area (Å²) in [6.45, 7) is 4.47. The largest absolute Gasteiger partial charge is 0.433 e. The second-order valence-electron chi connectivity index (χ2n) is 5.82. The van der Waals surface area contributed by atoms with Gasteiger partial charge in [-0.3, -0.25) is 4.94 Å². The summed E-state index contributed by atoms with van der Waals surface area (Å²) in [5.41, 5.74) is -1.18. The van der Waals surface area contributed by atoms with Crippen molar-refractivity contribution in [2.24, 2.45) is 0 Å². The predicted octanol–water partition coefficient (Wildman–Crippen LogP) is 3.29. The molecule has 0 aromatic carbocycles. The molecule has 0 aliphatic carbocycles. The van der Waals surface area contributed by atoms with E-state index >= 15 is 0 Å². The molecule has 2 fully saturated rings. The van der Waals surface area contributed by atoms with Crippen LogP contribution in [0.25, 0.3) is 0 Å². The van der Waals surface area contributed by atoms with Crippen molar-refractivity contribution >= 4 is 0 Å². The first-order chi connectivity index (χ1) is 11.7. The fraction of sp³-hybridized carbons (Fsp3) is 0.562. The Hall–Kier alpha value is -1.89. The highest BCUT2D eigenvalue weighted by molar-refractivity contribution is 5.17. The summed E-state index contributed by atoms with van der Waals surface area (Å²) in [6.07, 6.45) is 1.39. The maximum absolute atomic E-state index is 11.9. The molecule has 138 valence electrons. The Bertz CT molecular complexity index is 629. The van der Waals surface area contributed by atoms with Crippen LogP contribution in [0, 0.1) is 12.3 Å². The predicted molar refractivity (Wildman–Crippen MR) is 78.0 cm³/mol. The number of nitrogens with zero attached hydrogens (tertiary/aromatic N) is 1. The average Bonchev–Trinajstić information content (AvgIpc) is 2.88. The van der Waals surface area contributed by atoms with Crippen molar-refractivity contribution < 1.29 is 36.8 Å². The minimum absolute atomic E-state index is 0.0891. The zero-order valence-electron chi connectivity index (χ0n) is 13.5. The third-order valence-electron chi connectivity index (χ3n) is 3.48. The Labute approximate surface area is 142 Å². The fourth-order valence-corrected chi connectivity index (χ4v) is 2.51. The summed E-state index contributed by atoms with van der Waals surface area (Å²) in [4.78, 5) is 5.88. The third kappa shape index (κ3) is 5.04. The molecule has 2 saturated heterocycles. The van der Waals surface area contributed by atoms with Crippen molar-refractivity contribution in [2.45, 2.75) is 50.5 Å². The SMILES string of the molecule is C#CC1OCCC2OC(C)(C)OC12.FOc1cccc(C(F)(F)F)n1. The van der Waals surface area contributed by atoms with Crippen molar-refractivity contribution in [3.8, 4) is 18.2 Å². The molecule has 3 rings (SSSR count). The van der Waals surface area contributed by atoms with Gasteiger partial charge in [0.25, 0.3) is 5.88 Å². The van der Waals surface area contributed by atoms with Gasteiger partial charge in [-0.25, -0.2) is 4.98 Å². The van der Waals surface area contributed by atoms with Gasteiger partial charge in [-0.05, 0) is 26.3 Å². The first-order valence-corrected chi connectivity index (χ1v) is 7.42. The highest BCUT2D eigenvalue weighted by atomic mass is 19.4. The number of aromatic nitrogens is 1. The number of ether oxygens (including phenoxy) is 3. The molecule has 25 heavy (non-hydrogen) atoms. The maximum atomic E-state index is 11.9. The number of hydrogen-bond donors (Lipinski definition) is 0. The number of rotatable bonds is 1. The first kappa shape index (κ1) is 19.4. The molecule has 3 atom stereocenters. The number of terminal acetylenes is 1. The van der Waals surface area contributed by atoms with Gasteiger partial charge in [0, 0.05) is 10.6 Å². The highest BCUT2D eigenvalue weighted by Crippen LogP contribution is 2.34. The monoisotopic (exact) mass is 363 g/mol. The molecule has 0 saturated carbocycles. The molecule has 9 heteroatoms. The smallest absolute Gasteiger partial charge is 0.363 e. The number of alkyl halides is 3. The molecule has 0 radical (unpaired) electrons. The van der Waals surface area contributed by atoms with Crippen LogP contribution in [-0.4, -0.2) is 35.7 Å². The van der Waals surface area contributed by atoms with Gasteiger partial charge in [-0.1, -0.05) is 12.0 Å². The Morgan fingerprint density at radius 3 is 2.64 bits per heavy atom. The summed E-state index contributed by atoms with van der Waals surface area (Å²) in [7, 11) is 0. The van der Waals surface area contributed by atoms with Crippen LogP contribution in [0.3, 0.4) is 0 Å². The maximum Gasteiger partial charge on any atom is 0.433 e. The van der Waals surface area contributed by atoms with Gasteiger partial charge in [0.2, 0.25) is 0 Å². The Morgan fingerprint density at radius 2 is 2.04 bits per heavy atom. The van der Waals surface area contributed by atoms with Gasteiger partial charge < -0.3 is 14.2 Å². The molecule has 3 unspecified atom stereocenters. The van der Waals surface area contributed by atoms with Crippen molar-refractivity contribution in [1.82, 2.24) is 4.98 Å². The van der Waals surface area contributed by atoms with Crippen LogP contribution >= 0.6 is 0 Å². The minimum atomic E-state index is -4.57. The molecule has 5 nitrogen and oxygen atoms in total. The molecule has 0 bridgehead atoms. The first-order valence-electron chi connectivity index (χ1n) is 7.42. The van der Waals surface area contributed by atoms with Crippen LogP contribution < -0.4 is 4.94 Å².